The zero-order chi connectivity index (χ0) is 18.6. The van der Waals surface area contributed by atoms with Crippen LogP contribution in [0.4, 0.5) is 0 Å². The second-order valence-electron chi connectivity index (χ2n) is 7.12. The number of carbonyl (C=O) groups excluding carboxylic acids is 1. The van der Waals surface area contributed by atoms with E-state index in [0.29, 0.717) is 13.2 Å². The number of aryl methyl sites for hydroxylation is 2. The van der Waals surface area contributed by atoms with Crippen LogP contribution in [0.3, 0.4) is 0 Å². The van der Waals surface area contributed by atoms with Gasteiger partial charge in [0.05, 0.1) is 6.04 Å². The molecule has 1 N–H and O–H groups in total. The molecule has 2 aliphatic rings. The van der Waals surface area contributed by atoms with Gasteiger partial charge in [-0.25, -0.2) is 0 Å². The van der Waals surface area contributed by atoms with Gasteiger partial charge in [0.15, 0.2) is 18.1 Å². The molecule has 0 saturated carbocycles. The lowest BCUT2D eigenvalue weighted by Gasteiger charge is -2.21. The van der Waals surface area contributed by atoms with Crippen LogP contribution in [0, 0.1) is 0 Å². The van der Waals surface area contributed by atoms with Gasteiger partial charge in [-0.1, -0.05) is 12.1 Å². The Kier molecular flexibility index (Phi) is 5.19. The van der Waals surface area contributed by atoms with Crippen molar-refractivity contribution >= 4 is 5.91 Å². The van der Waals surface area contributed by atoms with Gasteiger partial charge in [0, 0.05) is 0 Å². The molecule has 2 aromatic rings. The Morgan fingerprint density at radius 1 is 1.04 bits per heavy atom. The molecule has 5 nitrogen and oxygen atoms in total. The lowest BCUT2D eigenvalue weighted by molar-refractivity contribution is -0.123. The van der Waals surface area contributed by atoms with Crippen LogP contribution >= 0.6 is 0 Å². The van der Waals surface area contributed by atoms with Crippen LogP contribution in [0.2, 0.25) is 0 Å². The van der Waals surface area contributed by atoms with Gasteiger partial charge in [0.1, 0.15) is 19.0 Å². The van der Waals surface area contributed by atoms with Crippen LogP contribution in [0.5, 0.6) is 17.2 Å². The van der Waals surface area contributed by atoms with E-state index in [2.05, 4.69) is 17.4 Å². The van der Waals surface area contributed by atoms with E-state index < -0.39 is 0 Å². The van der Waals surface area contributed by atoms with Gasteiger partial charge in [-0.3, -0.25) is 4.79 Å². The molecule has 5 heteroatoms. The molecule has 1 aliphatic carbocycles. The van der Waals surface area contributed by atoms with E-state index in [9.17, 15) is 4.79 Å². The van der Waals surface area contributed by atoms with Gasteiger partial charge in [-0.15, -0.1) is 0 Å². The normalized spacial score (nSPS) is 16.2. The van der Waals surface area contributed by atoms with Gasteiger partial charge in [-0.2, -0.15) is 0 Å². The minimum absolute atomic E-state index is 0.00762. The first-order chi connectivity index (χ1) is 13.2. The van der Waals surface area contributed by atoms with Gasteiger partial charge in [0.25, 0.3) is 5.91 Å². The third-order valence-electron chi connectivity index (χ3n) is 5.13. The number of carbonyl (C=O) groups is 1. The molecule has 27 heavy (non-hydrogen) atoms. The van der Waals surface area contributed by atoms with Crippen molar-refractivity contribution in [3.05, 3.63) is 53.1 Å². The fraction of sp³-hybridized carbons (Fsp3) is 0.409. The zero-order valence-electron chi connectivity index (χ0n) is 15.6. The number of hydrogen-bond acceptors (Lipinski definition) is 4. The monoisotopic (exact) mass is 367 g/mol. The van der Waals surface area contributed by atoms with Gasteiger partial charge < -0.3 is 19.5 Å². The van der Waals surface area contributed by atoms with Crippen LogP contribution < -0.4 is 19.5 Å². The Hall–Kier alpha value is -2.69. The van der Waals surface area contributed by atoms with Crippen molar-refractivity contribution in [2.45, 2.75) is 38.6 Å². The van der Waals surface area contributed by atoms with Crippen molar-refractivity contribution in [3.63, 3.8) is 0 Å². The Balaban J connectivity index is 1.32. The highest BCUT2D eigenvalue weighted by atomic mass is 16.6. The minimum Gasteiger partial charge on any atom is -0.486 e. The number of fused-ring (bicyclic) bond motifs is 2. The molecule has 4 rings (SSSR count). The maximum absolute atomic E-state index is 12.3. The zero-order valence-corrected chi connectivity index (χ0v) is 15.6. The summed E-state index contributed by atoms with van der Waals surface area (Å²) in [5.41, 5.74) is 3.73. The summed E-state index contributed by atoms with van der Waals surface area (Å²) >= 11 is 0. The summed E-state index contributed by atoms with van der Waals surface area (Å²) in [6, 6.07) is 11.8. The first-order valence-corrected chi connectivity index (χ1v) is 9.62. The molecule has 1 atom stereocenters. The molecule has 0 bridgehead atoms. The van der Waals surface area contributed by atoms with E-state index in [-0.39, 0.29) is 18.6 Å². The van der Waals surface area contributed by atoms with Crippen molar-refractivity contribution in [1.82, 2.24) is 5.32 Å². The number of rotatable bonds is 5. The Morgan fingerprint density at radius 3 is 2.67 bits per heavy atom. The van der Waals surface area contributed by atoms with Crippen molar-refractivity contribution in [1.29, 1.82) is 0 Å². The van der Waals surface area contributed by atoms with E-state index in [0.717, 1.165) is 35.7 Å². The average Bonchev–Trinajstić information content (AvgIpc) is 2.71. The Morgan fingerprint density at radius 2 is 1.81 bits per heavy atom. The maximum Gasteiger partial charge on any atom is 0.258 e. The molecule has 1 unspecified atom stereocenters. The lowest BCUT2D eigenvalue weighted by Crippen LogP contribution is -2.31. The molecule has 0 radical (unpaired) electrons. The van der Waals surface area contributed by atoms with Crippen LogP contribution in [0.1, 0.15) is 42.5 Å². The molecular weight excluding hydrogens is 342 g/mol. The molecule has 0 saturated heterocycles. The van der Waals surface area contributed by atoms with E-state index >= 15 is 0 Å². The highest BCUT2D eigenvalue weighted by molar-refractivity contribution is 5.78. The standard InChI is InChI=1S/C22H25NO4/c1-15(17-7-9-20-21(13-17)26-11-10-25-20)23-22(24)14-27-19-8-6-16-4-2-3-5-18(16)12-19/h6-9,12-13,15H,2-5,10-11,14H2,1H3,(H,23,24). The quantitative estimate of drug-likeness (QED) is 0.877. The number of ether oxygens (including phenoxy) is 3. The second-order valence-corrected chi connectivity index (χ2v) is 7.12. The van der Waals surface area contributed by atoms with Crippen LogP contribution in [0.25, 0.3) is 0 Å². The first kappa shape index (κ1) is 17.7. The summed E-state index contributed by atoms with van der Waals surface area (Å²) in [7, 11) is 0. The Bertz CT molecular complexity index is 833. The largest absolute Gasteiger partial charge is 0.486 e. The summed E-state index contributed by atoms with van der Waals surface area (Å²) in [6.07, 6.45) is 4.72. The second kappa shape index (κ2) is 7.91. The topological polar surface area (TPSA) is 56.8 Å². The van der Waals surface area contributed by atoms with Crippen molar-refractivity contribution in [2.75, 3.05) is 19.8 Å². The molecule has 2 aromatic carbocycles. The summed E-state index contributed by atoms with van der Waals surface area (Å²) < 4.78 is 16.8. The lowest BCUT2D eigenvalue weighted by atomic mass is 9.92. The third kappa shape index (κ3) is 4.18. The number of nitrogens with one attached hydrogen (secondary N) is 1. The fourth-order valence-corrected chi connectivity index (χ4v) is 3.64. The van der Waals surface area contributed by atoms with Crippen LogP contribution in [0.15, 0.2) is 36.4 Å². The summed E-state index contributed by atoms with van der Waals surface area (Å²) in [4.78, 5) is 12.3. The summed E-state index contributed by atoms with van der Waals surface area (Å²) in [5, 5.41) is 2.98. The molecule has 0 aromatic heterocycles. The first-order valence-electron chi connectivity index (χ1n) is 9.62. The van der Waals surface area contributed by atoms with Crippen LogP contribution in [-0.2, 0) is 17.6 Å². The third-order valence-corrected chi connectivity index (χ3v) is 5.13. The molecule has 142 valence electrons. The predicted molar refractivity (Wildman–Crippen MR) is 103 cm³/mol. The van der Waals surface area contributed by atoms with Crippen molar-refractivity contribution in [3.8, 4) is 17.2 Å². The summed E-state index contributed by atoms with van der Waals surface area (Å²) in [5.74, 6) is 2.09. The van der Waals surface area contributed by atoms with Gasteiger partial charge in [0.2, 0.25) is 0 Å². The Labute approximate surface area is 159 Å². The van der Waals surface area contributed by atoms with Crippen molar-refractivity contribution < 1.29 is 19.0 Å². The molecule has 0 spiro atoms. The average molecular weight is 367 g/mol. The highest BCUT2D eigenvalue weighted by Crippen LogP contribution is 2.32. The number of amides is 1. The SMILES string of the molecule is CC(NC(=O)COc1ccc2c(c1)CCCC2)c1ccc2c(c1)OCCO2. The molecule has 1 heterocycles. The molecule has 0 fully saturated rings. The number of hydrogen-bond donors (Lipinski definition) is 1. The highest BCUT2D eigenvalue weighted by Gasteiger charge is 2.16. The smallest absolute Gasteiger partial charge is 0.258 e. The van der Waals surface area contributed by atoms with E-state index in [1.807, 2.05) is 31.2 Å². The van der Waals surface area contributed by atoms with Crippen LogP contribution in [-0.4, -0.2) is 25.7 Å². The predicted octanol–water partition coefficient (Wildman–Crippen LogP) is 3.59. The van der Waals surface area contributed by atoms with Gasteiger partial charge in [-0.05, 0) is 73.6 Å². The molecule has 1 amide bonds. The van der Waals surface area contributed by atoms with Gasteiger partial charge >= 0.3 is 0 Å². The van der Waals surface area contributed by atoms with E-state index in [4.69, 9.17) is 14.2 Å². The maximum atomic E-state index is 12.3. The minimum atomic E-state index is -0.143. The number of benzene rings is 2. The van der Waals surface area contributed by atoms with E-state index in [1.54, 1.807) is 0 Å². The molecular formula is C22H25NO4. The molecule has 1 aliphatic heterocycles. The summed E-state index contributed by atoms with van der Waals surface area (Å²) in [6.45, 7) is 3.07. The van der Waals surface area contributed by atoms with E-state index in [1.165, 1.54) is 24.0 Å². The fourth-order valence-electron chi connectivity index (χ4n) is 3.64. The van der Waals surface area contributed by atoms with Crippen molar-refractivity contribution in [2.24, 2.45) is 0 Å².